The van der Waals surface area contributed by atoms with Crippen molar-refractivity contribution in [3.05, 3.63) is 11.7 Å². The lowest BCUT2D eigenvalue weighted by Crippen LogP contribution is -2.34. The van der Waals surface area contributed by atoms with Gasteiger partial charge in [0.15, 0.2) is 5.82 Å². The van der Waals surface area contributed by atoms with Gasteiger partial charge in [0.1, 0.15) is 0 Å². The van der Waals surface area contributed by atoms with Crippen molar-refractivity contribution in [3.63, 3.8) is 0 Å². The van der Waals surface area contributed by atoms with E-state index < -0.39 is 0 Å². The zero-order valence-corrected chi connectivity index (χ0v) is 11.9. The number of nitrogens with zero attached hydrogens (tertiary/aromatic N) is 3. The van der Waals surface area contributed by atoms with Crippen LogP contribution in [0.15, 0.2) is 4.52 Å². The van der Waals surface area contributed by atoms with Crippen molar-refractivity contribution in [2.45, 2.75) is 45.6 Å². The summed E-state index contributed by atoms with van der Waals surface area (Å²) in [6.45, 7) is 9.03. The highest BCUT2D eigenvalue weighted by Crippen LogP contribution is 2.38. The first-order valence-electron chi connectivity index (χ1n) is 7.29. The Morgan fingerprint density at radius 1 is 1.37 bits per heavy atom. The molecule has 1 atom stereocenters. The quantitative estimate of drug-likeness (QED) is 0.838. The van der Waals surface area contributed by atoms with Crippen LogP contribution >= 0.6 is 0 Å². The van der Waals surface area contributed by atoms with E-state index in [1.807, 2.05) is 0 Å². The van der Waals surface area contributed by atoms with Gasteiger partial charge in [0.25, 0.3) is 0 Å². The van der Waals surface area contributed by atoms with Gasteiger partial charge < -0.3 is 9.26 Å². The van der Waals surface area contributed by atoms with Gasteiger partial charge in [0.05, 0.1) is 13.2 Å². The summed E-state index contributed by atoms with van der Waals surface area (Å²) < 4.78 is 10.9. The van der Waals surface area contributed by atoms with Gasteiger partial charge in [-0.3, -0.25) is 4.90 Å². The zero-order chi connectivity index (χ0) is 13.3. The topological polar surface area (TPSA) is 51.4 Å². The number of aromatic nitrogens is 2. The van der Waals surface area contributed by atoms with E-state index in [1.54, 1.807) is 0 Å². The van der Waals surface area contributed by atoms with Gasteiger partial charge in [-0.05, 0) is 25.8 Å². The van der Waals surface area contributed by atoms with Crippen molar-refractivity contribution in [1.82, 2.24) is 15.0 Å². The molecule has 0 unspecified atom stereocenters. The number of rotatable bonds is 3. The minimum Gasteiger partial charge on any atom is -0.381 e. The van der Waals surface area contributed by atoms with E-state index in [0.29, 0.717) is 11.3 Å². The summed E-state index contributed by atoms with van der Waals surface area (Å²) in [5.41, 5.74) is 0.392. The van der Waals surface area contributed by atoms with Gasteiger partial charge in [0.2, 0.25) is 5.89 Å². The third-order valence-corrected chi connectivity index (χ3v) is 4.26. The Bertz CT molecular complexity index is 424. The van der Waals surface area contributed by atoms with Crippen LogP contribution in [0, 0.1) is 5.41 Å². The lowest BCUT2D eigenvalue weighted by Gasteiger charge is -2.33. The van der Waals surface area contributed by atoms with Crippen molar-refractivity contribution in [1.29, 1.82) is 0 Å². The summed E-state index contributed by atoms with van der Waals surface area (Å²) in [6.07, 6.45) is 3.74. The molecule has 106 valence electrons. The fraction of sp³-hybridized carbons (Fsp3) is 0.857. The molecule has 3 heterocycles. The number of hydrogen-bond donors (Lipinski definition) is 0. The molecule has 2 aliphatic rings. The first-order chi connectivity index (χ1) is 9.17. The molecule has 1 aromatic rings. The Morgan fingerprint density at radius 3 is 2.95 bits per heavy atom. The predicted octanol–water partition coefficient (Wildman–Crippen LogP) is 2.20. The van der Waals surface area contributed by atoms with E-state index in [-0.39, 0.29) is 0 Å². The molecule has 19 heavy (non-hydrogen) atoms. The van der Waals surface area contributed by atoms with E-state index in [4.69, 9.17) is 9.26 Å². The molecule has 0 saturated carbocycles. The van der Waals surface area contributed by atoms with Crippen LogP contribution in [0.2, 0.25) is 0 Å². The molecular formula is C14H23N3O2. The van der Waals surface area contributed by atoms with Gasteiger partial charge in [-0.2, -0.15) is 4.98 Å². The summed E-state index contributed by atoms with van der Waals surface area (Å²) in [5, 5.41) is 4.08. The van der Waals surface area contributed by atoms with Gasteiger partial charge in [0, 0.05) is 24.5 Å². The van der Waals surface area contributed by atoms with E-state index in [0.717, 1.165) is 44.6 Å². The molecule has 0 aliphatic carbocycles. The summed E-state index contributed by atoms with van der Waals surface area (Å²) in [4.78, 5) is 6.89. The second-order valence-electron chi connectivity index (χ2n) is 6.32. The Balaban J connectivity index is 1.58. The largest absolute Gasteiger partial charge is 0.381 e. The third-order valence-electron chi connectivity index (χ3n) is 4.26. The second kappa shape index (κ2) is 5.21. The molecule has 0 amide bonds. The third kappa shape index (κ3) is 2.82. The molecule has 0 aromatic carbocycles. The van der Waals surface area contributed by atoms with Gasteiger partial charge in [-0.15, -0.1) is 0 Å². The van der Waals surface area contributed by atoms with Crippen molar-refractivity contribution in [2.75, 3.05) is 26.3 Å². The second-order valence-corrected chi connectivity index (χ2v) is 6.32. The molecular weight excluding hydrogens is 242 g/mol. The number of hydrogen-bond acceptors (Lipinski definition) is 5. The smallest absolute Gasteiger partial charge is 0.229 e. The molecule has 5 heteroatoms. The minimum atomic E-state index is 0.304. The van der Waals surface area contributed by atoms with Gasteiger partial charge >= 0.3 is 0 Å². The lowest BCUT2D eigenvalue weighted by atomic mass is 9.82. The average molecular weight is 265 g/mol. The van der Waals surface area contributed by atoms with E-state index in [9.17, 15) is 0 Å². The van der Waals surface area contributed by atoms with Crippen LogP contribution in [0.5, 0.6) is 0 Å². The lowest BCUT2D eigenvalue weighted by molar-refractivity contribution is -0.00261. The molecule has 2 fully saturated rings. The van der Waals surface area contributed by atoms with E-state index >= 15 is 0 Å². The van der Waals surface area contributed by atoms with E-state index in [1.165, 1.54) is 19.3 Å². The molecule has 0 bridgehead atoms. The molecule has 1 aromatic heterocycles. The molecule has 1 spiro atoms. The number of ether oxygens (including phenoxy) is 1. The zero-order valence-electron chi connectivity index (χ0n) is 11.9. The average Bonchev–Trinajstić information content (AvgIpc) is 2.99. The molecule has 0 radical (unpaired) electrons. The maximum Gasteiger partial charge on any atom is 0.229 e. The normalized spacial score (nSPS) is 28.6. The maximum atomic E-state index is 5.66. The van der Waals surface area contributed by atoms with Crippen LogP contribution in [-0.4, -0.2) is 41.3 Å². The monoisotopic (exact) mass is 265 g/mol. The highest BCUT2D eigenvalue weighted by Gasteiger charge is 2.39. The maximum absolute atomic E-state index is 5.66. The molecule has 3 rings (SSSR count). The Kier molecular flexibility index (Phi) is 3.58. The van der Waals surface area contributed by atoms with Crippen LogP contribution in [0.4, 0.5) is 0 Å². The van der Waals surface area contributed by atoms with E-state index in [2.05, 4.69) is 28.9 Å². The summed E-state index contributed by atoms with van der Waals surface area (Å²) in [6, 6.07) is 0. The fourth-order valence-electron chi connectivity index (χ4n) is 3.16. The molecule has 2 saturated heterocycles. The number of likely N-dealkylation sites (tertiary alicyclic amines) is 1. The summed E-state index contributed by atoms with van der Waals surface area (Å²) in [7, 11) is 0. The fourth-order valence-corrected chi connectivity index (χ4v) is 3.16. The van der Waals surface area contributed by atoms with Gasteiger partial charge in [-0.25, -0.2) is 0 Å². The van der Waals surface area contributed by atoms with Crippen LogP contribution in [0.25, 0.3) is 0 Å². The highest BCUT2D eigenvalue weighted by molar-refractivity contribution is 4.95. The Morgan fingerprint density at radius 2 is 2.26 bits per heavy atom. The first-order valence-corrected chi connectivity index (χ1v) is 7.29. The molecule has 5 nitrogen and oxygen atoms in total. The Labute approximate surface area is 114 Å². The van der Waals surface area contributed by atoms with Crippen molar-refractivity contribution in [3.8, 4) is 0 Å². The van der Waals surface area contributed by atoms with Crippen molar-refractivity contribution < 1.29 is 9.26 Å². The summed E-state index contributed by atoms with van der Waals surface area (Å²) in [5.74, 6) is 1.86. The van der Waals surface area contributed by atoms with Gasteiger partial charge in [-0.1, -0.05) is 19.0 Å². The SMILES string of the molecule is CC(C)c1nc(CN2CC[C@@]3(CCCOC3)C2)no1. The van der Waals surface area contributed by atoms with Crippen LogP contribution in [0.1, 0.15) is 50.7 Å². The first kappa shape index (κ1) is 13.1. The molecule has 2 aliphatic heterocycles. The standard InChI is InChI=1S/C14H23N3O2/c1-11(2)13-15-12(16-19-13)8-17-6-5-14(9-17)4-3-7-18-10-14/h11H,3-10H2,1-2H3/t14-/m0/s1. The van der Waals surface area contributed by atoms with Crippen LogP contribution < -0.4 is 0 Å². The highest BCUT2D eigenvalue weighted by atomic mass is 16.5. The van der Waals surface area contributed by atoms with Crippen LogP contribution in [0.3, 0.4) is 0 Å². The van der Waals surface area contributed by atoms with Crippen molar-refractivity contribution in [2.24, 2.45) is 5.41 Å². The van der Waals surface area contributed by atoms with Crippen molar-refractivity contribution >= 4 is 0 Å². The summed E-state index contributed by atoms with van der Waals surface area (Å²) >= 11 is 0. The minimum absolute atomic E-state index is 0.304. The molecule has 0 N–H and O–H groups in total. The predicted molar refractivity (Wildman–Crippen MR) is 70.8 cm³/mol. The Hall–Kier alpha value is -0.940. The van der Waals surface area contributed by atoms with Crippen LogP contribution in [-0.2, 0) is 11.3 Å².